The van der Waals surface area contributed by atoms with Crippen molar-refractivity contribution in [3.05, 3.63) is 72.6 Å². The van der Waals surface area contributed by atoms with Crippen molar-refractivity contribution >= 4 is 56.4 Å². The van der Waals surface area contributed by atoms with E-state index in [1.165, 1.54) is 0 Å². The molecule has 0 saturated carbocycles. The topological polar surface area (TPSA) is 57.1 Å². The molecule has 2 aliphatic rings. The highest BCUT2D eigenvalue weighted by Gasteiger charge is 2.60. The van der Waals surface area contributed by atoms with Crippen LogP contribution in [0.15, 0.2) is 40.9 Å². The van der Waals surface area contributed by atoms with Gasteiger partial charge in [0.1, 0.15) is 5.41 Å². The molecule has 2 aliphatic heterocycles. The van der Waals surface area contributed by atoms with Crippen LogP contribution in [0.3, 0.4) is 0 Å². The molecule has 0 radical (unpaired) electrons. The maximum Gasteiger partial charge on any atom is 0.428 e. The molecule has 1 fully saturated rings. The highest BCUT2D eigenvalue weighted by atomic mass is 79.9. The number of rotatable bonds is 3. The summed E-state index contributed by atoms with van der Waals surface area (Å²) in [5.74, 6) is 0. The van der Waals surface area contributed by atoms with E-state index in [-0.39, 0.29) is 26.3 Å². The van der Waals surface area contributed by atoms with E-state index in [0.29, 0.717) is 23.1 Å². The molecule has 0 bridgehead atoms. The number of alkyl halides is 3. The largest absolute Gasteiger partial charge is 0.428 e. The van der Waals surface area contributed by atoms with Crippen LogP contribution in [0.2, 0.25) is 15.1 Å². The zero-order valence-electron chi connectivity index (χ0n) is 15.4. The average molecular weight is 554 g/mol. The first-order chi connectivity index (χ1) is 14.5. The second-order valence-corrected chi connectivity index (χ2v) is 9.29. The summed E-state index contributed by atoms with van der Waals surface area (Å²) in [7, 11) is 0. The Balaban J connectivity index is 1.78. The molecule has 2 heterocycles. The van der Waals surface area contributed by atoms with Crippen molar-refractivity contribution in [1.82, 2.24) is 10.8 Å². The van der Waals surface area contributed by atoms with Crippen LogP contribution in [0.25, 0.3) is 5.70 Å². The molecule has 0 aromatic heterocycles. The van der Waals surface area contributed by atoms with Crippen molar-refractivity contribution < 1.29 is 18.0 Å². The minimum absolute atomic E-state index is 0.0454. The fourth-order valence-corrected chi connectivity index (χ4v) is 4.89. The van der Waals surface area contributed by atoms with Crippen LogP contribution < -0.4 is 10.8 Å². The third-order valence-electron chi connectivity index (χ3n) is 5.37. The Bertz CT molecular complexity index is 1120. The maximum atomic E-state index is 14.2. The number of hydrogen-bond donors (Lipinski definition) is 2. The van der Waals surface area contributed by atoms with Crippen molar-refractivity contribution in [1.29, 1.82) is 5.26 Å². The minimum atomic E-state index is -4.83. The minimum Gasteiger partial charge on any atom is -0.313 e. The molecule has 4 rings (SSSR count). The van der Waals surface area contributed by atoms with E-state index >= 15 is 0 Å². The second kappa shape index (κ2) is 7.84. The first-order valence-corrected chi connectivity index (χ1v) is 10.8. The van der Waals surface area contributed by atoms with E-state index in [1.54, 1.807) is 18.2 Å². The van der Waals surface area contributed by atoms with Crippen molar-refractivity contribution in [2.24, 2.45) is 0 Å². The molecule has 2 aromatic carbocycles. The standard InChI is InChI=1S/C20H12BrCl3F3N3O/c21-13-3-10(1-2-12(13)18(7-28)8-29-9-18)16-6-19(31-30-16,20(25,26)27)11-4-14(22)17(24)15(23)5-11/h1-6,29-30H,8-9H2. The number of benzene rings is 2. The molecule has 1 atom stereocenters. The Morgan fingerprint density at radius 1 is 1.10 bits per heavy atom. The second-order valence-electron chi connectivity index (χ2n) is 7.24. The summed E-state index contributed by atoms with van der Waals surface area (Å²) < 4.78 is 43.1. The highest BCUT2D eigenvalue weighted by Crippen LogP contribution is 2.49. The highest BCUT2D eigenvalue weighted by molar-refractivity contribution is 9.10. The molecular formula is C20H12BrCl3F3N3O. The van der Waals surface area contributed by atoms with Crippen LogP contribution in [0.5, 0.6) is 0 Å². The lowest BCUT2D eigenvalue weighted by Crippen LogP contribution is -2.56. The Morgan fingerprint density at radius 3 is 2.23 bits per heavy atom. The van der Waals surface area contributed by atoms with E-state index in [9.17, 15) is 18.4 Å². The smallest absolute Gasteiger partial charge is 0.313 e. The number of nitrogens with one attached hydrogen (secondary N) is 2. The van der Waals surface area contributed by atoms with Crippen LogP contribution in [0.1, 0.15) is 16.7 Å². The summed E-state index contributed by atoms with van der Waals surface area (Å²) in [6, 6.07) is 9.44. The molecule has 1 unspecified atom stereocenters. The zero-order valence-corrected chi connectivity index (χ0v) is 19.2. The number of halogens is 7. The average Bonchev–Trinajstić information content (AvgIpc) is 3.13. The summed E-state index contributed by atoms with van der Waals surface area (Å²) >= 11 is 21.2. The number of nitriles is 1. The molecule has 2 N–H and O–H groups in total. The number of hydroxylamine groups is 1. The Morgan fingerprint density at radius 2 is 1.74 bits per heavy atom. The molecule has 0 amide bonds. The van der Waals surface area contributed by atoms with Gasteiger partial charge in [-0.15, -0.1) is 0 Å². The predicted molar refractivity (Wildman–Crippen MR) is 116 cm³/mol. The number of nitrogens with zero attached hydrogens (tertiary/aromatic N) is 1. The fraction of sp³-hybridized carbons (Fsp3) is 0.250. The Labute approximate surface area is 199 Å². The van der Waals surface area contributed by atoms with Gasteiger partial charge in [0.15, 0.2) is 0 Å². The monoisotopic (exact) mass is 551 g/mol. The molecule has 11 heteroatoms. The van der Waals surface area contributed by atoms with Crippen LogP contribution in [0.4, 0.5) is 13.2 Å². The lowest BCUT2D eigenvalue weighted by molar-refractivity contribution is -0.269. The fourth-order valence-electron chi connectivity index (χ4n) is 3.53. The van der Waals surface area contributed by atoms with Crippen molar-refractivity contribution in [2.75, 3.05) is 13.1 Å². The van der Waals surface area contributed by atoms with Gasteiger partial charge in [-0.2, -0.15) is 18.4 Å². The van der Waals surface area contributed by atoms with Gasteiger partial charge in [0.25, 0.3) is 0 Å². The van der Waals surface area contributed by atoms with Crippen molar-refractivity contribution in [2.45, 2.75) is 17.2 Å². The van der Waals surface area contributed by atoms with Crippen LogP contribution >= 0.6 is 50.7 Å². The first-order valence-electron chi connectivity index (χ1n) is 8.84. The van der Waals surface area contributed by atoms with Crippen LogP contribution in [-0.2, 0) is 15.9 Å². The summed E-state index contributed by atoms with van der Waals surface area (Å²) in [5.41, 5.74) is -0.136. The normalized spacial score (nSPS) is 22.3. The Kier molecular flexibility index (Phi) is 5.74. The number of hydrogen-bond acceptors (Lipinski definition) is 4. The van der Waals surface area contributed by atoms with Crippen LogP contribution in [-0.4, -0.2) is 19.3 Å². The van der Waals surface area contributed by atoms with Gasteiger partial charge in [0, 0.05) is 28.7 Å². The van der Waals surface area contributed by atoms with E-state index < -0.39 is 17.2 Å². The molecule has 0 spiro atoms. The van der Waals surface area contributed by atoms with E-state index in [0.717, 1.165) is 23.8 Å². The lowest BCUT2D eigenvalue weighted by atomic mass is 9.76. The lowest BCUT2D eigenvalue weighted by Gasteiger charge is -2.37. The summed E-state index contributed by atoms with van der Waals surface area (Å²) in [4.78, 5) is 5.09. The van der Waals surface area contributed by atoms with Crippen molar-refractivity contribution in [3.63, 3.8) is 0 Å². The van der Waals surface area contributed by atoms with Gasteiger partial charge in [-0.25, -0.2) is 0 Å². The van der Waals surface area contributed by atoms with Gasteiger partial charge in [-0.05, 0) is 29.8 Å². The van der Waals surface area contributed by atoms with E-state index in [4.69, 9.17) is 39.6 Å². The molecule has 4 nitrogen and oxygen atoms in total. The quantitative estimate of drug-likeness (QED) is 0.451. The van der Waals surface area contributed by atoms with Crippen molar-refractivity contribution in [3.8, 4) is 6.07 Å². The van der Waals surface area contributed by atoms with Gasteiger partial charge in [0.05, 0.1) is 26.8 Å². The summed E-state index contributed by atoms with van der Waals surface area (Å²) in [5, 5.41) is 12.3. The van der Waals surface area contributed by atoms with Gasteiger partial charge >= 0.3 is 6.18 Å². The van der Waals surface area contributed by atoms with Crippen LogP contribution in [0, 0.1) is 11.3 Å². The molecule has 1 saturated heterocycles. The first kappa shape index (κ1) is 22.7. The summed E-state index contributed by atoms with van der Waals surface area (Å²) in [6.07, 6.45) is -3.91. The maximum absolute atomic E-state index is 14.2. The Hall–Kier alpha value is -1.47. The van der Waals surface area contributed by atoms with E-state index in [1.807, 2.05) is 0 Å². The van der Waals surface area contributed by atoms with Gasteiger partial charge in [0.2, 0.25) is 5.60 Å². The third-order valence-corrected chi connectivity index (χ3v) is 7.22. The van der Waals surface area contributed by atoms with Gasteiger partial charge in [-0.1, -0.05) is 62.9 Å². The van der Waals surface area contributed by atoms with Gasteiger partial charge in [-0.3, -0.25) is 10.3 Å². The molecular weight excluding hydrogens is 541 g/mol. The molecule has 162 valence electrons. The zero-order chi connectivity index (χ0) is 22.6. The third kappa shape index (κ3) is 3.62. The molecule has 2 aromatic rings. The SMILES string of the molecule is N#CC1(c2ccc(C3=CC(c4cc(Cl)c(Cl)c(Cl)c4)(C(F)(F)F)ON3)cc2Br)CNC1. The predicted octanol–water partition coefficient (Wildman–Crippen LogP) is 6.11. The van der Waals surface area contributed by atoms with E-state index in [2.05, 4.69) is 32.8 Å². The molecule has 0 aliphatic carbocycles. The van der Waals surface area contributed by atoms with Gasteiger partial charge < -0.3 is 5.32 Å². The summed E-state index contributed by atoms with van der Waals surface area (Å²) in [6.45, 7) is 1.00. The molecule has 31 heavy (non-hydrogen) atoms.